The van der Waals surface area contributed by atoms with Crippen LogP contribution >= 0.6 is 23.2 Å². The van der Waals surface area contributed by atoms with Crippen molar-refractivity contribution in [2.24, 2.45) is 11.8 Å². The Morgan fingerprint density at radius 1 is 1.06 bits per heavy atom. The molecule has 1 amide bonds. The van der Waals surface area contributed by atoms with Gasteiger partial charge in [0.15, 0.2) is 0 Å². The average Bonchev–Trinajstić information content (AvgIpc) is 3.58. The molecule has 1 saturated heterocycles. The smallest absolute Gasteiger partial charge is 0.226 e. The molecule has 3 nitrogen and oxygen atoms in total. The lowest BCUT2D eigenvalue weighted by atomic mass is 9.75. The van der Waals surface area contributed by atoms with E-state index in [2.05, 4.69) is 30.0 Å². The summed E-state index contributed by atoms with van der Waals surface area (Å²) in [6.45, 7) is 5.57. The van der Waals surface area contributed by atoms with Crippen molar-refractivity contribution in [3.63, 3.8) is 0 Å². The maximum atomic E-state index is 13.5. The molecule has 1 aliphatic carbocycles. The summed E-state index contributed by atoms with van der Waals surface area (Å²) in [5, 5.41) is 1.42. The fraction of sp³-hybridized carbons (Fsp3) is 0.500. The summed E-state index contributed by atoms with van der Waals surface area (Å²) in [5.74, 6) is 1.02. The number of nitrogens with zero attached hydrogens (tertiary/aromatic N) is 1. The van der Waals surface area contributed by atoms with Crippen LogP contribution in [-0.2, 0) is 9.53 Å². The number of carbonyl (C=O) groups excluding carboxylic acids is 1. The molecule has 0 aromatic heterocycles. The minimum absolute atomic E-state index is 0.0383. The van der Waals surface area contributed by atoms with E-state index in [-0.39, 0.29) is 29.8 Å². The number of ether oxygens (including phenoxy) is 1. The van der Waals surface area contributed by atoms with Crippen molar-refractivity contribution in [2.45, 2.75) is 57.5 Å². The number of benzene rings is 2. The highest BCUT2D eigenvalue weighted by Crippen LogP contribution is 2.46. The second-order valence-electron chi connectivity index (χ2n) is 9.08. The Labute approximate surface area is 195 Å². The molecular formula is C26H31Cl2NO2. The summed E-state index contributed by atoms with van der Waals surface area (Å²) in [7, 11) is 0. The number of amides is 1. The second kappa shape index (κ2) is 9.94. The Kier molecular flexibility index (Phi) is 7.26. The van der Waals surface area contributed by atoms with E-state index in [1.165, 1.54) is 18.4 Å². The zero-order valence-corrected chi connectivity index (χ0v) is 19.8. The summed E-state index contributed by atoms with van der Waals surface area (Å²) in [5.41, 5.74) is 2.28. The highest BCUT2D eigenvalue weighted by molar-refractivity contribution is 6.30. The molecule has 4 rings (SSSR count). The summed E-state index contributed by atoms with van der Waals surface area (Å²) >= 11 is 12.5. The van der Waals surface area contributed by atoms with Gasteiger partial charge in [-0.05, 0) is 67.0 Å². The molecule has 1 aliphatic heterocycles. The van der Waals surface area contributed by atoms with Gasteiger partial charge in [-0.25, -0.2) is 0 Å². The molecule has 2 fully saturated rings. The fourth-order valence-corrected chi connectivity index (χ4v) is 5.09. The van der Waals surface area contributed by atoms with E-state index in [9.17, 15) is 4.79 Å². The van der Waals surface area contributed by atoms with Gasteiger partial charge in [-0.1, -0.05) is 61.3 Å². The highest BCUT2D eigenvalue weighted by Gasteiger charge is 2.44. The highest BCUT2D eigenvalue weighted by atomic mass is 35.5. The first-order valence-electron chi connectivity index (χ1n) is 11.4. The van der Waals surface area contributed by atoms with Gasteiger partial charge in [-0.3, -0.25) is 4.79 Å². The van der Waals surface area contributed by atoms with Crippen LogP contribution in [0.1, 0.15) is 62.6 Å². The van der Waals surface area contributed by atoms with Crippen LogP contribution in [0.25, 0.3) is 0 Å². The first-order valence-corrected chi connectivity index (χ1v) is 12.1. The first-order chi connectivity index (χ1) is 15.0. The zero-order valence-electron chi connectivity index (χ0n) is 18.3. The zero-order chi connectivity index (χ0) is 22.0. The van der Waals surface area contributed by atoms with Crippen LogP contribution in [0.2, 0.25) is 10.0 Å². The summed E-state index contributed by atoms with van der Waals surface area (Å²) in [4.78, 5) is 15.7. The van der Waals surface area contributed by atoms with Gasteiger partial charge in [0.2, 0.25) is 5.91 Å². The molecule has 1 heterocycles. The molecule has 0 N–H and O–H groups in total. The van der Waals surface area contributed by atoms with Gasteiger partial charge in [0, 0.05) is 28.5 Å². The number of piperidine rings is 1. The standard InChI is InChI=1S/C26H31Cl2NO2/c1-3-23(16-31-15-18-7-8-18)29-25(19-9-11-21(27)12-10-19)24(13-17(2)26(29)30)20-5-4-6-22(28)14-20/h4-6,9-12,14,17-18,23-25H,3,7-8,13,15-16H2,1-2H3/t17?,23?,24-,25?/m1/s1. The SMILES string of the molecule is CCC(COCC1CC1)N1C(=O)C(C)C[C@H](c2cccc(Cl)c2)C1c1ccc(Cl)cc1. The van der Waals surface area contributed by atoms with Gasteiger partial charge in [0.25, 0.3) is 0 Å². The molecule has 2 aromatic carbocycles. The molecule has 31 heavy (non-hydrogen) atoms. The summed E-state index contributed by atoms with van der Waals surface area (Å²) in [6, 6.07) is 16.0. The Hall–Kier alpha value is -1.55. The predicted molar refractivity (Wildman–Crippen MR) is 127 cm³/mol. The van der Waals surface area contributed by atoms with Crippen molar-refractivity contribution in [1.29, 1.82) is 0 Å². The molecule has 0 bridgehead atoms. The topological polar surface area (TPSA) is 29.5 Å². The number of hydrogen-bond donors (Lipinski definition) is 0. The normalized spacial score (nSPS) is 25.0. The molecule has 1 saturated carbocycles. The number of hydrogen-bond acceptors (Lipinski definition) is 2. The maximum Gasteiger partial charge on any atom is 0.226 e. The van der Waals surface area contributed by atoms with Gasteiger partial charge < -0.3 is 9.64 Å². The molecule has 166 valence electrons. The fourth-order valence-electron chi connectivity index (χ4n) is 4.76. The van der Waals surface area contributed by atoms with Crippen molar-refractivity contribution in [3.05, 3.63) is 69.7 Å². The van der Waals surface area contributed by atoms with E-state index in [0.717, 1.165) is 30.0 Å². The lowest BCUT2D eigenvalue weighted by molar-refractivity contribution is -0.148. The monoisotopic (exact) mass is 459 g/mol. The van der Waals surface area contributed by atoms with E-state index < -0.39 is 0 Å². The minimum atomic E-state index is -0.0751. The summed E-state index contributed by atoms with van der Waals surface area (Å²) < 4.78 is 6.07. The van der Waals surface area contributed by atoms with Crippen LogP contribution in [0.15, 0.2) is 48.5 Å². The van der Waals surface area contributed by atoms with Gasteiger partial charge in [-0.2, -0.15) is 0 Å². The predicted octanol–water partition coefficient (Wildman–Crippen LogP) is 6.89. The number of halogens is 2. The van der Waals surface area contributed by atoms with Gasteiger partial charge >= 0.3 is 0 Å². The van der Waals surface area contributed by atoms with Gasteiger partial charge in [-0.15, -0.1) is 0 Å². The van der Waals surface area contributed by atoms with Crippen LogP contribution in [0.5, 0.6) is 0 Å². The molecule has 3 unspecified atom stereocenters. The average molecular weight is 460 g/mol. The van der Waals surface area contributed by atoms with Crippen molar-refractivity contribution < 1.29 is 9.53 Å². The third-order valence-electron chi connectivity index (χ3n) is 6.68. The lowest BCUT2D eigenvalue weighted by Gasteiger charge is -2.48. The molecule has 0 spiro atoms. The summed E-state index contributed by atoms with van der Waals surface area (Å²) in [6.07, 6.45) is 4.18. The minimum Gasteiger partial charge on any atom is -0.379 e. The van der Waals surface area contributed by atoms with E-state index in [0.29, 0.717) is 17.5 Å². The Morgan fingerprint density at radius 3 is 2.45 bits per heavy atom. The first kappa shape index (κ1) is 22.6. The molecule has 5 heteroatoms. The van der Waals surface area contributed by atoms with Crippen molar-refractivity contribution in [2.75, 3.05) is 13.2 Å². The van der Waals surface area contributed by atoms with E-state index in [1.54, 1.807) is 0 Å². The van der Waals surface area contributed by atoms with Crippen LogP contribution in [0.3, 0.4) is 0 Å². The van der Waals surface area contributed by atoms with Gasteiger partial charge in [0.1, 0.15) is 0 Å². The Balaban J connectivity index is 1.71. The largest absolute Gasteiger partial charge is 0.379 e. The number of likely N-dealkylation sites (tertiary alicyclic amines) is 1. The van der Waals surface area contributed by atoms with E-state index >= 15 is 0 Å². The van der Waals surface area contributed by atoms with Crippen LogP contribution in [0, 0.1) is 11.8 Å². The van der Waals surface area contributed by atoms with E-state index in [4.69, 9.17) is 27.9 Å². The number of rotatable bonds is 8. The van der Waals surface area contributed by atoms with Gasteiger partial charge in [0.05, 0.1) is 18.7 Å². The van der Waals surface area contributed by atoms with Crippen LogP contribution < -0.4 is 0 Å². The molecule has 0 radical (unpaired) electrons. The molecule has 2 aromatic rings. The van der Waals surface area contributed by atoms with Crippen molar-refractivity contribution >= 4 is 29.1 Å². The quantitative estimate of drug-likeness (QED) is 0.429. The second-order valence-corrected chi connectivity index (χ2v) is 9.96. The molecule has 4 atom stereocenters. The molecule has 2 aliphatic rings. The number of carbonyl (C=O) groups is 1. The van der Waals surface area contributed by atoms with Crippen LogP contribution in [-0.4, -0.2) is 30.1 Å². The maximum absolute atomic E-state index is 13.5. The van der Waals surface area contributed by atoms with Crippen LogP contribution in [0.4, 0.5) is 0 Å². The molecular weight excluding hydrogens is 429 g/mol. The van der Waals surface area contributed by atoms with E-state index in [1.807, 2.05) is 37.3 Å². The van der Waals surface area contributed by atoms with Crippen molar-refractivity contribution in [1.82, 2.24) is 4.90 Å². The Bertz CT molecular complexity index is 897. The lowest BCUT2D eigenvalue weighted by Crippen LogP contribution is -2.52. The van der Waals surface area contributed by atoms with Crippen molar-refractivity contribution in [3.8, 4) is 0 Å². The third kappa shape index (κ3) is 5.27. The third-order valence-corrected chi connectivity index (χ3v) is 7.17. The Morgan fingerprint density at radius 2 is 1.81 bits per heavy atom.